The SMILES string of the molecule is O=C(NCCC(c1ccccc1)c1ccccc1)C1CCCN1. The molecule has 1 aliphatic rings. The molecular formula is C20H24N2O. The van der Waals surface area contributed by atoms with Crippen molar-refractivity contribution in [1.29, 1.82) is 0 Å². The van der Waals surface area contributed by atoms with Crippen LogP contribution >= 0.6 is 0 Å². The minimum Gasteiger partial charge on any atom is -0.355 e. The molecule has 1 atom stereocenters. The topological polar surface area (TPSA) is 41.1 Å². The van der Waals surface area contributed by atoms with E-state index in [0.29, 0.717) is 12.5 Å². The summed E-state index contributed by atoms with van der Waals surface area (Å²) in [5.41, 5.74) is 2.60. The van der Waals surface area contributed by atoms with Crippen molar-refractivity contribution in [1.82, 2.24) is 10.6 Å². The van der Waals surface area contributed by atoms with Crippen molar-refractivity contribution in [3.63, 3.8) is 0 Å². The summed E-state index contributed by atoms with van der Waals surface area (Å²) in [5, 5.41) is 6.34. The Kier molecular flexibility index (Phi) is 5.43. The van der Waals surface area contributed by atoms with Crippen LogP contribution in [-0.2, 0) is 4.79 Å². The highest BCUT2D eigenvalue weighted by Crippen LogP contribution is 2.27. The van der Waals surface area contributed by atoms with Crippen molar-refractivity contribution in [3.05, 3.63) is 71.8 Å². The van der Waals surface area contributed by atoms with Crippen molar-refractivity contribution in [2.45, 2.75) is 31.2 Å². The molecule has 1 aliphatic heterocycles. The van der Waals surface area contributed by atoms with Gasteiger partial charge >= 0.3 is 0 Å². The maximum absolute atomic E-state index is 12.1. The molecule has 2 N–H and O–H groups in total. The fraction of sp³-hybridized carbons (Fsp3) is 0.350. The summed E-state index contributed by atoms with van der Waals surface area (Å²) in [4.78, 5) is 12.1. The Morgan fingerprint density at radius 1 is 1.04 bits per heavy atom. The van der Waals surface area contributed by atoms with Crippen LogP contribution in [0.2, 0.25) is 0 Å². The average Bonchev–Trinajstić information content (AvgIpc) is 3.15. The Morgan fingerprint density at radius 3 is 2.17 bits per heavy atom. The molecule has 0 bridgehead atoms. The van der Waals surface area contributed by atoms with Gasteiger partial charge in [0, 0.05) is 12.5 Å². The lowest BCUT2D eigenvalue weighted by atomic mass is 9.88. The van der Waals surface area contributed by atoms with E-state index in [1.54, 1.807) is 0 Å². The molecule has 1 fully saturated rings. The number of rotatable bonds is 6. The molecule has 3 nitrogen and oxygen atoms in total. The van der Waals surface area contributed by atoms with Crippen molar-refractivity contribution >= 4 is 5.91 Å². The van der Waals surface area contributed by atoms with E-state index in [2.05, 4.69) is 59.2 Å². The van der Waals surface area contributed by atoms with Crippen LogP contribution in [0.3, 0.4) is 0 Å². The first-order valence-corrected chi connectivity index (χ1v) is 8.45. The number of amides is 1. The molecule has 0 spiro atoms. The third kappa shape index (κ3) is 4.20. The monoisotopic (exact) mass is 308 g/mol. The van der Waals surface area contributed by atoms with E-state index in [-0.39, 0.29) is 11.9 Å². The number of hydrogen-bond donors (Lipinski definition) is 2. The molecule has 2 aromatic carbocycles. The van der Waals surface area contributed by atoms with Crippen molar-refractivity contribution in [2.75, 3.05) is 13.1 Å². The van der Waals surface area contributed by atoms with Gasteiger partial charge in [-0.05, 0) is 36.9 Å². The molecule has 120 valence electrons. The van der Waals surface area contributed by atoms with Gasteiger partial charge in [-0.3, -0.25) is 4.79 Å². The van der Waals surface area contributed by atoms with Gasteiger partial charge < -0.3 is 10.6 Å². The summed E-state index contributed by atoms with van der Waals surface area (Å²) in [5.74, 6) is 0.455. The van der Waals surface area contributed by atoms with E-state index < -0.39 is 0 Å². The zero-order valence-electron chi connectivity index (χ0n) is 13.4. The zero-order chi connectivity index (χ0) is 15.9. The highest BCUT2D eigenvalue weighted by molar-refractivity contribution is 5.81. The summed E-state index contributed by atoms with van der Waals surface area (Å²) in [6, 6.07) is 21.0. The molecule has 3 heteroatoms. The molecule has 1 heterocycles. The summed E-state index contributed by atoms with van der Waals surface area (Å²) in [7, 11) is 0. The fourth-order valence-corrected chi connectivity index (χ4v) is 3.27. The van der Waals surface area contributed by atoms with Crippen LogP contribution in [0.1, 0.15) is 36.3 Å². The molecule has 1 saturated heterocycles. The highest BCUT2D eigenvalue weighted by atomic mass is 16.2. The van der Waals surface area contributed by atoms with Crippen LogP contribution in [0.4, 0.5) is 0 Å². The van der Waals surface area contributed by atoms with Crippen LogP contribution in [0.5, 0.6) is 0 Å². The maximum Gasteiger partial charge on any atom is 0.237 e. The minimum absolute atomic E-state index is 0.00176. The second-order valence-electron chi connectivity index (χ2n) is 6.10. The molecule has 3 rings (SSSR count). The largest absolute Gasteiger partial charge is 0.355 e. The minimum atomic E-state index is 0.00176. The lowest BCUT2D eigenvalue weighted by Crippen LogP contribution is -2.41. The van der Waals surface area contributed by atoms with Crippen molar-refractivity contribution in [2.24, 2.45) is 0 Å². The van der Waals surface area contributed by atoms with Gasteiger partial charge in [0.1, 0.15) is 0 Å². The Bertz CT molecular complexity index is 567. The Labute approximate surface area is 138 Å². The van der Waals surface area contributed by atoms with E-state index in [9.17, 15) is 4.79 Å². The van der Waals surface area contributed by atoms with E-state index >= 15 is 0 Å². The molecule has 23 heavy (non-hydrogen) atoms. The summed E-state index contributed by atoms with van der Waals surface area (Å²) in [6.45, 7) is 1.65. The predicted molar refractivity (Wildman–Crippen MR) is 93.4 cm³/mol. The number of nitrogens with one attached hydrogen (secondary N) is 2. The van der Waals surface area contributed by atoms with Crippen molar-refractivity contribution < 1.29 is 4.79 Å². The molecule has 0 aliphatic carbocycles. The average molecular weight is 308 g/mol. The Hall–Kier alpha value is -2.13. The summed E-state index contributed by atoms with van der Waals surface area (Å²) in [6.07, 6.45) is 2.95. The first-order valence-electron chi connectivity index (χ1n) is 8.45. The Balaban J connectivity index is 1.64. The van der Waals surface area contributed by atoms with Gasteiger partial charge in [-0.15, -0.1) is 0 Å². The second kappa shape index (κ2) is 7.93. The first-order chi connectivity index (χ1) is 11.3. The zero-order valence-corrected chi connectivity index (χ0v) is 13.4. The number of hydrogen-bond acceptors (Lipinski definition) is 2. The molecular weight excluding hydrogens is 284 g/mol. The van der Waals surface area contributed by atoms with Gasteiger partial charge in [0.25, 0.3) is 0 Å². The van der Waals surface area contributed by atoms with Gasteiger partial charge in [0.2, 0.25) is 5.91 Å². The molecule has 2 aromatic rings. The van der Waals surface area contributed by atoms with Gasteiger partial charge in [-0.1, -0.05) is 60.7 Å². The predicted octanol–water partition coefficient (Wildman–Crippen LogP) is 3.08. The first kappa shape index (κ1) is 15.8. The van der Waals surface area contributed by atoms with E-state index in [0.717, 1.165) is 25.8 Å². The van der Waals surface area contributed by atoms with E-state index in [1.165, 1.54) is 11.1 Å². The highest BCUT2D eigenvalue weighted by Gasteiger charge is 2.22. The maximum atomic E-state index is 12.1. The fourth-order valence-electron chi connectivity index (χ4n) is 3.27. The van der Waals surface area contributed by atoms with Crippen LogP contribution in [0.25, 0.3) is 0 Å². The van der Waals surface area contributed by atoms with Gasteiger partial charge in [-0.2, -0.15) is 0 Å². The lowest BCUT2D eigenvalue weighted by molar-refractivity contribution is -0.122. The molecule has 0 saturated carbocycles. The third-order valence-corrected chi connectivity index (χ3v) is 4.51. The molecule has 0 radical (unpaired) electrons. The van der Waals surface area contributed by atoms with Crippen LogP contribution < -0.4 is 10.6 Å². The van der Waals surface area contributed by atoms with Crippen molar-refractivity contribution in [3.8, 4) is 0 Å². The summed E-state index contributed by atoms with van der Waals surface area (Å²) >= 11 is 0. The Morgan fingerprint density at radius 2 is 1.65 bits per heavy atom. The van der Waals surface area contributed by atoms with Crippen LogP contribution in [0, 0.1) is 0 Å². The van der Waals surface area contributed by atoms with Gasteiger partial charge in [-0.25, -0.2) is 0 Å². The standard InChI is InChI=1S/C20H24N2O/c23-20(19-12-7-14-21-19)22-15-13-18(16-8-3-1-4-9-16)17-10-5-2-6-11-17/h1-6,8-11,18-19,21H,7,12-15H2,(H,22,23). The quantitative estimate of drug-likeness (QED) is 0.861. The molecule has 1 unspecified atom stereocenters. The molecule has 1 amide bonds. The third-order valence-electron chi connectivity index (χ3n) is 4.51. The summed E-state index contributed by atoms with van der Waals surface area (Å²) < 4.78 is 0. The van der Waals surface area contributed by atoms with E-state index in [1.807, 2.05) is 12.1 Å². The second-order valence-corrected chi connectivity index (χ2v) is 6.10. The van der Waals surface area contributed by atoms with Gasteiger partial charge in [0.15, 0.2) is 0 Å². The van der Waals surface area contributed by atoms with Crippen LogP contribution in [0.15, 0.2) is 60.7 Å². The van der Waals surface area contributed by atoms with Gasteiger partial charge in [0.05, 0.1) is 6.04 Å². The lowest BCUT2D eigenvalue weighted by Gasteiger charge is -2.19. The smallest absolute Gasteiger partial charge is 0.237 e. The number of benzene rings is 2. The van der Waals surface area contributed by atoms with E-state index in [4.69, 9.17) is 0 Å². The number of carbonyl (C=O) groups is 1. The molecule has 0 aromatic heterocycles. The van der Waals surface area contributed by atoms with Crippen LogP contribution in [-0.4, -0.2) is 25.0 Å². The normalized spacial score (nSPS) is 17.3. The number of carbonyl (C=O) groups excluding carboxylic acids is 1.